The maximum atomic E-state index is 11.3. The van der Waals surface area contributed by atoms with Gasteiger partial charge in [-0.1, -0.05) is 26.7 Å². The summed E-state index contributed by atoms with van der Waals surface area (Å²) in [5.74, 6) is -1.84. The van der Waals surface area contributed by atoms with Crippen molar-refractivity contribution in [3.63, 3.8) is 0 Å². The third-order valence-corrected chi connectivity index (χ3v) is 2.33. The summed E-state index contributed by atoms with van der Waals surface area (Å²) in [4.78, 5) is 21.8. The summed E-state index contributed by atoms with van der Waals surface area (Å²) in [5.41, 5.74) is 0. The second kappa shape index (κ2) is 6.40. The summed E-state index contributed by atoms with van der Waals surface area (Å²) in [7, 11) is 1.29. The predicted octanol–water partition coefficient (Wildman–Crippen LogP) is 1.69. The minimum Gasteiger partial charge on any atom is -0.481 e. The molecule has 0 fully saturated rings. The summed E-state index contributed by atoms with van der Waals surface area (Å²) in [6.07, 6.45) is 1.63. The van der Waals surface area contributed by atoms with E-state index in [-0.39, 0.29) is 12.3 Å². The van der Waals surface area contributed by atoms with Crippen LogP contribution in [0.5, 0.6) is 0 Å². The van der Waals surface area contributed by atoms with Gasteiger partial charge in [-0.3, -0.25) is 9.59 Å². The molecule has 82 valence electrons. The highest BCUT2D eigenvalue weighted by Gasteiger charge is 2.27. The Balaban J connectivity index is 4.37. The van der Waals surface area contributed by atoms with Gasteiger partial charge in [0, 0.05) is 0 Å². The largest absolute Gasteiger partial charge is 0.481 e. The van der Waals surface area contributed by atoms with Crippen LogP contribution in [0.3, 0.4) is 0 Å². The lowest BCUT2D eigenvalue weighted by molar-refractivity contribution is -0.152. The van der Waals surface area contributed by atoms with Crippen LogP contribution < -0.4 is 0 Å². The number of esters is 1. The van der Waals surface area contributed by atoms with Crippen LogP contribution in [0.25, 0.3) is 0 Å². The molecule has 0 rings (SSSR count). The molecule has 0 aliphatic carbocycles. The number of rotatable bonds is 6. The molecule has 0 bridgehead atoms. The number of aliphatic carboxylic acids is 1. The molecular weight excluding hydrogens is 184 g/mol. The first-order valence-electron chi connectivity index (χ1n) is 4.82. The molecule has 1 N–H and O–H groups in total. The topological polar surface area (TPSA) is 63.6 Å². The first-order valence-corrected chi connectivity index (χ1v) is 4.82. The van der Waals surface area contributed by atoms with E-state index in [4.69, 9.17) is 5.11 Å². The van der Waals surface area contributed by atoms with Crippen molar-refractivity contribution in [1.82, 2.24) is 0 Å². The molecule has 0 aliphatic rings. The van der Waals surface area contributed by atoms with E-state index in [1.807, 2.05) is 13.8 Å². The van der Waals surface area contributed by atoms with Gasteiger partial charge in [0.15, 0.2) is 0 Å². The number of carbonyl (C=O) groups excluding carboxylic acids is 1. The highest BCUT2D eigenvalue weighted by Crippen LogP contribution is 2.21. The SMILES string of the molecule is CCCC(C)[C@@H](CC(=O)O)C(=O)OC. The third-order valence-electron chi connectivity index (χ3n) is 2.33. The standard InChI is InChI=1S/C10H18O4/c1-4-5-7(2)8(6-9(11)12)10(13)14-3/h7-8H,4-6H2,1-3H3,(H,11,12)/t7?,8-/m1/s1. The molecule has 4 nitrogen and oxygen atoms in total. The van der Waals surface area contributed by atoms with E-state index in [0.717, 1.165) is 12.8 Å². The lowest BCUT2D eigenvalue weighted by Gasteiger charge is -2.19. The first kappa shape index (κ1) is 12.9. The zero-order chi connectivity index (χ0) is 11.1. The quantitative estimate of drug-likeness (QED) is 0.666. The van der Waals surface area contributed by atoms with E-state index in [0.29, 0.717) is 0 Å². The zero-order valence-electron chi connectivity index (χ0n) is 8.95. The lowest BCUT2D eigenvalue weighted by Crippen LogP contribution is -2.26. The summed E-state index contributed by atoms with van der Waals surface area (Å²) >= 11 is 0. The van der Waals surface area contributed by atoms with E-state index < -0.39 is 17.9 Å². The fraction of sp³-hybridized carbons (Fsp3) is 0.800. The van der Waals surface area contributed by atoms with Crippen molar-refractivity contribution in [2.45, 2.75) is 33.1 Å². The molecule has 0 heterocycles. The van der Waals surface area contributed by atoms with Crippen LogP contribution in [0, 0.1) is 11.8 Å². The van der Waals surface area contributed by atoms with Crippen LogP contribution in [0.15, 0.2) is 0 Å². The van der Waals surface area contributed by atoms with Gasteiger partial charge in [-0.25, -0.2) is 0 Å². The van der Waals surface area contributed by atoms with Gasteiger partial charge in [-0.05, 0) is 5.92 Å². The summed E-state index contributed by atoms with van der Waals surface area (Å²) < 4.78 is 4.58. The average Bonchev–Trinajstić information content (AvgIpc) is 2.13. The van der Waals surface area contributed by atoms with Crippen molar-refractivity contribution in [3.05, 3.63) is 0 Å². The first-order chi connectivity index (χ1) is 6.52. The van der Waals surface area contributed by atoms with Gasteiger partial charge in [0.2, 0.25) is 0 Å². The van der Waals surface area contributed by atoms with Gasteiger partial charge < -0.3 is 9.84 Å². The highest BCUT2D eigenvalue weighted by atomic mass is 16.5. The van der Waals surface area contributed by atoms with Gasteiger partial charge in [-0.15, -0.1) is 0 Å². The van der Waals surface area contributed by atoms with E-state index in [1.54, 1.807) is 0 Å². The fourth-order valence-electron chi connectivity index (χ4n) is 1.51. The third kappa shape index (κ3) is 4.25. The number of carboxylic acids is 1. The van der Waals surface area contributed by atoms with Crippen LogP contribution in [0.4, 0.5) is 0 Å². The number of hydrogen-bond donors (Lipinski definition) is 1. The molecule has 0 amide bonds. The minimum atomic E-state index is -0.955. The normalized spacial score (nSPS) is 14.5. The van der Waals surface area contributed by atoms with Crippen molar-refractivity contribution >= 4 is 11.9 Å². The summed E-state index contributed by atoms with van der Waals surface area (Å²) in [6.45, 7) is 3.89. The predicted molar refractivity (Wildman–Crippen MR) is 51.8 cm³/mol. The number of carboxylic acid groups (broad SMARTS) is 1. The van der Waals surface area contributed by atoms with Crippen molar-refractivity contribution in [2.24, 2.45) is 11.8 Å². The Kier molecular flexibility index (Phi) is 5.92. The van der Waals surface area contributed by atoms with Gasteiger partial charge in [0.1, 0.15) is 0 Å². The summed E-state index contributed by atoms with van der Waals surface area (Å²) in [5, 5.41) is 8.64. The van der Waals surface area contributed by atoms with E-state index in [1.165, 1.54) is 7.11 Å². The van der Waals surface area contributed by atoms with Gasteiger partial charge in [0.05, 0.1) is 19.4 Å². The van der Waals surface area contributed by atoms with Crippen LogP contribution in [0.2, 0.25) is 0 Å². The van der Waals surface area contributed by atoms with Gasteiger partial charge >= 0.3 is 11.9 Å². The molecule has 0 aliphatic heterocycles. The number of hydrogen-bond acceptors (Lipinski definition) is 3. The molecule has 14 heavy (non-hydrogen) atoms. The maximum Gasteiger partial charge on any atom is 0.309 e. The molecule has 1 unspecified atom stereocenters. The van der Waals surface area contributed by atoms with Crippen molar-refractivity contribution in [2.75, 3.05) is 7.11 Å². The van der Waals surface area contributed by atoms with Crippen LogP contribution in [-0.4, -0.2) is 24.2 Å². The van der Waals surface area contributed by atoms with Gasteiger partial charge in [0.25, 0.3) is 0 Å². The van der Waals surface area contributed by atoms with Crippen molar-refractivity contribution in [3.8, 4) is 0 Å². The molecule has 0 aromatic carbocycles. The smallest absolute Gasteiger partial charge is 0.309 e. The Bertz CT molecular complexity index is 200. The Labute approximate surface area is 84.3 Å². The van der Waals surface area contributed by atoms with E-state index in [2.05, 4.69) is 4.74 Å². The Morgan fingerprint density at radius 3 is 2.36 bits per heavy atom. The zero-order valence-corrected chi connectivity index (χ0v) is 8.95. The Morgan fingerprint density at radius 2 is 2.00 bits per heavy atom. The van der Waals surface area contributed by atoms with E-state index >= 15 is 0 Å². The maximum absolute atomic E-state index is 11.3. The fourth-order valence-corrected chi connectivity index (χ4v) is 1.51. The highest BCUT2D eigenvalue weighted by molar-refractivity contribution is 5.79. The molecule has 4 heteroatoms. The Hall–Kier alpha value is -1.06. The molecule has 0 saturated heterocycles. The monoisotopic (exact) mass is 202 g/mol. The number of carbonyl (C=O) groups is 2. The van der Waals surface area contributed by atoms with Crippen LogP contribution in [-0.2, 0) is 14.3 Å². The second-order valence-corrected chi connectivity index (χ2v) is 3.49. The average molecular weight is 202 g/mol. The van der Waals surface area contributed by atoms with Crippen molar-refractivity contribution in [1.29, 1.82) is 0 Å². The number of ether oxygens (including phenoxy) is 1. The lowest BCUT2D eigenvalue weighted by atomic mass is 9.88. The van der Waals surface area contributed by atoms with Crippen molar-refractivity contribution < 1.29 is 19.4 Å². The molecule has 2 atom stereocenters. The molecule has 0 spiro atoms. The Morgan fingerprint density at radius 1 is 1.43 bits per heavy atom. The van der Waals surface area contributed by atoms with Crippen LogP contribution in [0.1, 0.15) is 33.1 Å². The summed E-state index contributed by atoms with van der Waals surface area (Å²) in [6, 6.07) is 0. The number of methoxy groups -OCH3 is 1. The second-order valence-electron chi connectivity index (χ2n) is 3.49. The van der Waals surface area contributed by atoms with Gasteiger partial charge in [-0.2, -0.15) is 0 Å². The molecule has 0 aromatic rings. The molecule has 0 radical (unpaired) electrons. The minimum absolute atomic E-state index is 0.0588. The van der Waals surface area contributed by atoms with E-state index in [9.17, 15) is 9.59 Å². The van der Waals surface area contributed by atoms with Crippen LogP contribution >= 0.6 is 0 Å². The molecular formula is C10H18O4. The molecule has 0 aromatic heterocycles. The molecule has 0 saturated carbocycles.